The van der Waals surface area contributed by atoms with E-state index in [4.69, 9.17) is 5.11 Å². The van der Waals surface area contributed by atoms with Crippen molar-refractivity contribution >= 4 is 34.4 Å². The Morgan fingerprint density at radius 3 is 2.71 bits per heavy atom. The molecular weight excluding hydrogens is 290 g/mol. The van der Waals surface area contributed by atoms with Gasteiger partial charge in [-0.05, 0) is 36.6 Å². The third-order valence-corrected chi connectivity index (χ3v) is 4.39. The number of rotatable bonds is 4. The molecule has 0 aromatic heterocycles. The molecule has 1 amide bonds. The van der Waals surface area contributed by atoms with Crippen molar-refractivity contribution in [3.8, 4) is 0 Å². The Morgan fingerprint density at radius 1 is 1.38 bits per heavy atom. The summed E-state index contributed by atoms with van der Waals surface area (Å²) < 4.78 is 0. The summed E-state index contributed by atoms with van der Waals surface area (Å²) in [6.45, 7) is 3.85. The first-order chi connectivity index (χ1) is 9.86. The topological polar surface area (TPSA) is 74.7 Å². The summed E-state index contributed by atoms with van der Waals surface area (Å²) in [6.07, 6.45) is 0.399. The van der Waals surface area contributed by atoms with Crippen LogP contribution in [-0.4, -0.2) is 34.4 Å². The lowest BCUT2D eigenvalue weighted by Gasteiger charge is -2.18. The average molecular weight is 307 g/mol. The fourth-order valence-corrected chi connectivity index (χ4v) is 3.11. The van der Waals surface area contributed by atoms with Crippen LogP contribution in [0, 0.1) is 12.8 Å². The molecule has 1 N–H and O–H groups in total. The van der Waals surface area contributed by atoms with Crippen LogP contribution in [0.2, 0.25) is 0 Å². The number of nitrogens with zero attached hydrogens (tertiary/aromatic N) is 1. The smallest absolute Gasteiger partial charge is 0.335 e. The van der Waals surface area contributed by atoms with Gasteiger partial charge in [0.1, 0.15) is 0 Å². The second kappa shape index (κ2) is 6.30. The largest absolute Gasteiger partial charge is 0.478 e. The molecule has 6 heteroatoms. The van der Waals surface area contributed by atoms with Gasteiger partial charge in [0.05, 0.1) is 5.56 Å². The molecule has 1 atom stereocenters. The van der Waals surface area contributed by atoms with Crippen molar-refractivity contribution < 1.29 is 19.5 Å². The number of benzene rings is 1. The van der Waals surface area contributed by atoms with Crippen molar-refractivity contribution in [3.05, 3.63) is 29.3 Å². The zero-order valence-corrected chi connectivity index (χ0v) is 12.8. The number of carboxylic acid groups (broad SMARTS) is 1. The van der Waals surface area contributed by atoms with Crippen LogP contribution in [0.3, 0.4) is 0 Å². The number of thioether (sulfide) groups is 1. The number of anilines is 1. The molecule has 0 radical (unpaired) electrons. The van der Waals surface area contributed by atoms with E-state index in [0.29, 0.717) is 24.4 Å². The van der Waals surface area contributed by atoms with Crippen molar-refractivity contribution in [2.75, 3.05) is 17.2 Å². The molecule has 0 spiro atoms. The number of amides is 1. The number of carboxylic acids is 1. The lowest BCUT2D eigenvalue weighted by molar-refractivity contribution is -0.117. The maximum atomic E-state index is 12.1. The van der Waals surface area contributed by atoms with E-state index in [9.17, 15) is 14.4 Å². The zero-order chi connectivity index (χ0) is 15.6. The Bertz CT molecular complexity index is 599. The maximum Gasteiger partial charge on any atom is 0.335 e. The number of aromatic carboxylic acids is 1. The van der Waals surface area contributed by atoms with Gasteiger partial charge in [-0.2, -0.15) is 0 Å². The summed E-state index contributed by atoms with van der Waals surface area (Å²) in [5.74, 6) is -0.281. The van der Waals surface area contributed by atoms with Crippen LogP contribution in [-0.2, 0) is 9.59 Å². The highest BCUT2D eigenvalue weighted by atomic mass is 32.2. The first-order valence-corrected chi connectivity index (χ1v) is 7.64. The van der Waals surface area contributed by atoms with E-state index in [1.54, 1.807) is 17.9 Å². The Hall–Kier alpha value is -1.82. The molecule has 112 valence electrons. The van der Waals surface area contributed by atoms with Gasteiger partial charge in [0.15, 0.2) is 5.12 Å². The molecule has 1 unspecified atom stereocenters. The van der Waals surface area contributed by atoms with E-state index in [0.717, 1.165) is 5.56 Å². The summed E-state index contributed by atoms with van der Waals surface area (Å²) in [5, 5.41) is 9.14. The van der Waals surface area contributed by atoms with Crippen LogP contribution in [0.15, 0.2) is 18.2 Å². The number of hydrogen-bond acceptors (Lipinski definition) is 4. The highest BCUT2D eigenvalue weighted by Gasteiger charge is 2.31. The molecule has 1 aliphatic heterocycles. The van der Waals surface area contributed by atoms with Gasteiger partial charge in [0.25, 0.3) is 0 Å². The van der Waals surface area contributed by atoms with E-state index >= 15 is 0 Å². The van der Waals surface area contributed by atoms with Gasteiger partial charge in [0, 0.05) is 31.3 Å². The highest BCUT2D eigenvalue weighted by molar-refractivity contribution is 8.13. The SMILES string of the molecule is CC(=O)SCC1CC(=O)N(c2cc(C)cc(C(=O)O)c2)C1. The van der Waals surface area contributed by atoms with E-state index in [1.165, 1.54) is 24.8 Å². The fourth-order valence-electron chi connectivity index (χ4n) is 2.42. The van der Waals surface area contributed by atoms with Gasteiger partial charge in [-0.3, -0.25) is 9.59 Å². The third-order valence-electron chi connectivity index (χ3n) is 3.35. The van der Waals surface area contributed by atoms with Gasteiger partial charge in [-0.15, -0.1) is 0 Å². The average Bonchev–Trinajstić information content (AvgIpc) is 2.77. The first kappa shape index (κ1) is 15.6. The molecule has 1 saturated heterocycles. The highest BCUT2D eigenvalue weighted by Crippen LogP contribution is 2.28. The molecule has 1 aromatic rings. The molecule has 0 bridgehead atoms. The van der Waals surface area contributed by atoms with Crippen LogP contribution < -0.4 is 4.90 Å². The number of aryl methyl sites for hydroxylation is 1. The van der Waals surface area contributed by atoms with Crippen molar-refractivity contribution in [2.45, 2.75) is 20.3 Å². The van der Waals surface area contributed by atoms with E-state index in [-0.39, 0.29) is 22.5 Å². The van der Waals surface area contributed by atoms with E-state index in [1.807, 2.05) is 6.07 Å². The third kappa shape index (κ3) is 3.85. The molecule has 1 aromatic carbocycles. The predicted molar refractivity (Wildman–Crippen MR) is 81.7 cm³/mol. The Morgan fingerprint density at radius 2 is 2.10 bits per heavy atom. The van der Waals surface area contributed by atoms with Gasteiger partial charge in [0.2, 0.25) is 5.91 Å². The minimum atomic E-state index is -1.00. The lowest BCUT2D eigenvalue weighted by atomic mass is 10.1. The van der Waals surface area contributed by atoms with Crippen LogP contribution >= 0.6 is 11.8 Å². The monoisotopic (exact) mass is 307 g/mol. The Kier molecular flexibility index (Phi) is 4.67. The summed E-state index contributed by atoms with van der Waals surface area (Å²) in [6, 6.07) is 4.91. The predicted octanol–water partition coefficient (Wildman–Crippen LogP) is 2.33. The quantitative estimate of drug-likeness (QED) is 0.924. The number of carbonyl (C=O) groups is 3. The van der Waals surface area contributed by atoms with Crippen molar-refractivity contribution in [1.29, 1.82) is 0 Å². The fraction of sp³-hybridized carbons (Fsp3) is 0.400. The molecule has 1 heterocycles. The minimum Gasteiger partial charge on any atom is -0.478 e. The molecule has 1 aliphatic rings. The van der Waals surface area contributed by atoms with Crippen LogP contribution in [0.1, 0.15) is 29.3 Å². The van der Waals surface area contributed by atoms with Crippen molar-refractivity contribution in [2.24, 2.45) is 5.92 Å². The molecule has 21 heavy (non-hydrogen) atoms. The summed E-state index contributed by atoms with van der Waals surface area (Å²) in [4.78, 5) is 35.8. The maximum absolute atomic E-state index is 12.1. The molecule has 2 rings (SSSR count). The van der Waals surface area contributed by atoms with Crippen LogP contribution in [0.25, 0.3) is 0 Å². The molecule has 5 nitrogen and oxygen atoms in total. The molecular formula is C15H17NO4S. The van der Waals surface area contributed by atoms with E-state index in [2.05, 4.69) is 0 Å². The van der Waals surface area contributed by atoms with Gasteiger partial charge in [-0.25, -0.2) is 4.79 Å². The number of carbonyl (C=O) groups excluding carboxylic acids is 2. The molecule has 1 fully saturated rings. The van der Waals surface area contributed by atoms with Crippen LogP contribution in [0.5, 0.6) is 0 Å². The first-order valence-electron chi connectivity index (χ1n) is 6.65. The van der Waals surface area contributed by atoms with Crippen LogP contribution in [0.4, 0.5) is 5.69 Å². The standard InChI is InChI=1S/C15H17NO4S/c1-9-3-12(15(19)20)6-13(4-9)16-7-11(5-14(16)18)8-21-10(2)17/h3-4,6,11H,5,7-8H2,1-2H3,(H,19,20). The second-order valence-electron chi connectivity index (χ2n) is 5.24. The normalized spacial score (nSPS) is 18.1. The van der Waals surface area contributed by atoms with E-state index < -0.39 is 5.97 Å². The van der Waals surface area contributed by atoms with Gasteiger partial charge in [-0.1, -0.05) is 11.8 Å². The summed E-state index contributed by atoms with van der Waals surface area (Å²) >= 11 is 1.23. The number of hydrogen-bond donors (Lipinski definition) is 1. The minimum absolute atomic E-state index is 0.0221. The summed E-state index contributed by atoms with van der Waals surface area (Å²) in [5.41, 5.74) is 1.60. The van der Waals surface area contributed by atoms with Gasteiger partial charge < -0.3 is 10.0 Å². The zero-order valence-electron chi connectivity index (χ0n) is 12.0. The lowest BCUT2D eigenvalue weighted by Crippen LogP contribution is -2.25. The van der Waals surface area contributed by atoms with Crippen molar-refractivity contribution in [3.63, 3.8) is 0 Å². The summed E-state index contributed by atoms with van der Waals surface area (Å²) in [7, 11) is 0. The van der Waals surface area contributed by atoms with Gasteiger partial charge >= 0.3 is 5.97 Å². The molecule has 0 aliphatic carbocycles. The Balaban J connectivity index is 2.17. The molecule has 0 saturated carbocycles. The Labute approximate surface area is 127 Å². The van der Waals surface area contributed by atoms with Crippen molar-refractivity contribution in [1.82, 2.24) is 0 Å². The second-order valence-corrected chi connectivity index (χ2v) is 6.44.